The number of nitrogens with zero attached hydrogens (tertiary/aromatic N) is 1. The zero-order valence-corrected chi connectivity index (χ0v) is 20.5. The predicted octanol–water partition coefficient (Wildman–Crippen LogP) is 3.70. The third-order valence-corrected chi connectivity index (χ3v) is 11.2. The standard InChI is InChI=1S/C27H31FN2O2Si/c1-27(2,3)33(23-10-6-4-7-11-23,24-12-8-5-9-13-24)32-22-14-15-25(28)21(18-22)20-30-17-16-29-19-26(30)31/h4-15,18,29H,16-17,19-20H2,1-3H3. The number of rotatable bonds is 6. The molecule has 33 heavy (non-hydrogen) atoms. The van der Waals surface area contributed by atoms with Crippen LogP contribution in [0.1, 0.15) is 26.3 Å². The summed E-state index contributed by atoms with van der Waals surface area (Å²) in [6.07, 6.45) is 0. The van der Waals surface area contributed by atoms with Crippen LogP contribution >= 0.6 is 0 Å². The fraction of sp³-hybridized carbons (Fsp3) is 0.296. The highest BCUT2D eigenvalue weighted by Gasteiger charge is 2.52. The van der Waals surface area contributed by atoms with Crippen LogP contribution in [0.3, 0.4) is 0 Å². The lowest BCUT2D eigenvalue weighted by molar-refractivity contribution is -0.132. The molecule has 1 aliphatic heterocycles. The van der Waals surface area contributed by atoms with E-state index in [2.05, 4.69) is 50.4 Å². The molecule has 1 fully saturated rings. The van der Waals surface area contributed by atoms with Crippen molar-refractivity contribution < 1.29 is 13.6 Å². The minimum atomic E-state index is -2.81. The maximum atomic E-state index is 14.8. The van der Waals surface area contributed by atoms with Gasteiger partial charge in [0.05, 0.1) is 6.54 Å². The van der Waals surface area contributed by atoms with Crippen molar-refractivity contribution in [1.29, 1.82) is 0 Å². The van der Waals surface area contributed by atoms with E-state index in [4.69, 9.17) is 4.43 Å². The number of nitrogens with one attached hydrogen (secondary N) is 1. The van der Waals surface area contributed by atoms with E-state index in [1.165, 1.54) is 6.07 Å². The second-order valence-corrected chi connectivity index (χ2v) is 13.7. The Labute approximate surface area is 196 Å². The van der Waals surface area contributed by atoms with Gasteiger partial charge in [-0.05, 0) is 33.6 Å². The van der Waals surface area contributed by atoms with Crippen LogP contribution in [-0.2, 0) is 11.3 Å². The van der Waals surface area contributed by atoms with Crippen LogP contribution in [0, 0.1) is 5.82 Å². The van der Waals surface area contributed by atoms with Crippen LogP contribution in [0.5, 0.6) is 5.75 Å². The van der Waals surface area contributed by atoms with Crippen LogP contribution < -0.4 is 20.1 Å². The van der Waals surface area contributed by atoms with Crippen LogP contribution in [0.15, 0.2) is 78.9 Å². The van der Waals surface area contributed by atoms with E-state index in [9.17, 15) is 9.18 Å². The fourth-order valence-corrected chi connectivity index (χ4v) is 8.99. The van der Waals surface area contributed by atoms with Crippen molar-refractivity contribution in [3.8, 4) is 5.75 Å². The molecule has 0 atom stereocenters. The van der Waals surface area contributed by atoms with E-state index in [0.29, 0.717) is 30.9 Å². The fourth-order valence-electron chi connectivity index (χ4n) is 4.58. The van der Waals surface area contributed by atoms with Crippen LogP contribution in [0.25, 0.3) is 0 Å². The summed E-state index contributed by atoms with van der Waals surface area (Å²) in [6, 6.07) is 25.7. The first kappa shape index (κ1) is 23.2. The van der Waals surface area contributed by atoms with E-state index in [1.807, 2.05) is 36.4 Å². The second kappa shape index (κ2) is 9.49. The molecule has 6 heteroatoms. The zero-order valence-electron chi connectivity index (χ0n) is 19.5. The Morgan fingerprint density at radius 1 is 0.970 bits per heavy atom. The Hall–Kier alpha value is -2.96. The van der Waals surface area contributed by atoms with E-state index < -0.39 is 8.32 Å². The molecule has 4 nitrogen and oxygen atoms in total. The highest BCUT2D eigenvalue weighted by Crippen LogP contribution is 2.38. The Bertz CT molecular complexity index is 1060. The monoisotopic (exact) mass is 462 g/mol. The first-order valence-corrected chi connectivity index (χ1v) is 13.3. The van der Waals surface area contributed by atoms with Gasteiger partial charge in [0, 0.05) is 25.2 Å². The molecule has 0 unspecified atom stereocenters. The van der Waals surface area contributed by atoms with Gasteiger partial charge in [0.1, 0.15) is 11.6 Å². The number of amides is 1. The molecule has 172 valence electrons. The van der Waals surface area contributed by atoms with Crippen molar-refractivity contribution in [2.45, 2.75) is 32.4 Å². The van der Waals surface area contributed by atoms with Gasteiger partial charge in [-0.25, -0.2) is 4.39 Å². The molecule has 3 aromatic carbocycles. The normalized spacial score (nSPS) is 14.9. The van der Waals surface area contributed by atoms with Gasteiger partial charge in [-0.1, -0.05) is 81.4 Å². The number of hydrogen-bond acceptors (Lipinski definition) is 3. The molecule has 1 heterocycles. The molecule has 3 aromatic rings. The van der Waals surface area contributed by atoms with Gasteiger partial charge in [0.2, 0.25) is 5.91 Å². The Kier molecular flexibility index (Phi) is 6.67. The van der Waals surface area contributed by atoms with Crippen molar-refractivity contribution in [2.75, 3.05) is 19.6 Å². The molecular weight excluding hydrogens is 431 g/mol. The minimum absolute atomic E-state index is 0.0149. The van der Waals surface area contributed by atoms with Crippen molar-refractivity contribution in [3.05, 3.63) is 90.2 Å². The molecule has 1 aliphatic rings. The van der Waals surface area contributed by atoms with Crippen LogP contribution in [0.4, 0.5) is 4.39 Å². The summed E-state index contributed by atoms with van der Waals surface area (Å²) in [6.45, 7) is 8.45. The van der Waals surface area contributed by atoms with Crippen molar-refractivity contribution in [1.82, 2.24) is 10.2 Å². The first-order chi connectivity index (χ1) is 15.8. The summed E-state index contributed by atoms with van der Waals surface area (Å²) >= 11 is 0. The van der Waals surface area contributed by atoms with Crippen molar-refractivity contribution >= 4 is 24.6 Å². The van der Waals surface area contributed by atoms with Gasteiger partial charge < -0.3 is 14.6 Å². The highest BCUT2D eigenvalue weighted by atomic mass is 28.4. The maximum absolute atomic E-state index is 14.8. The summed E-state index contributed by atoms with van der Waals surface area (Å²) in [7, 11) is -2.81. The number of hydrogen-bond donors (Lipinski definition) is 1. The molecule has 1 N–H and O–H groups in total. The smallest absolute Gasteiger partial charge is 0.319 e. The molecule has 0 saturated carbocycles. The van der Waals surface area contributed by atoms with E-state index in [1.54, 1.807) is 17.0 Å². The van der Waals surface area contributed by atoms with Gasteiger partial charge in [-0.3, -0.25) is 4.79 Å². The SMILES string of the molecule is CC(C)(C)[Si](Oc1ccc(F)c(CN2CCNCC2=O)c1)(c1ccccc1)c1ccccc1. The summed E-state index contributed by atoms with van der Waals surface area (Å²) in [5.74, 6) is 0.290. The molecule has 1 amide bonds. The molecule has 4 rings (SSSR count). The number of carbonyl (C=O) groups excluding carboxylic acids is 1. The summed E-state index contributed by atoms with van der Waals surface area (Å²) in [5, 5.41) is 5.18. The quantitative estimate of drug-likeness (QED) is 0.568. The van der Waals surface area contributed by atoms with Gasteiger partial charge in [0.25, 0.3) is 0 Å². The molecule has 0 radical (unpaired) electrons. The number of carbonyl (C=O) groups is 1. The Morgan fingerprint density at radius 3 is 2.12 bits per heavy atom. The Morgan fingerprint density at radius 2 is 1.58 bits per heavy atom. The zero-order chi connectivity index (χ0) is 23.5. The number of piperazine rings is 1. The maximum Gasteiger partial charge on any atom is 0.319 e. The average Bonchev–Trinajstić information content (AvgIpc) is 2.81. The van der Waals surface area contributed by atoms with Crippen LogP contribution in [0.2, 0.25) is 5.04 Å². The molecule has 1 saturated heterocycles. The molecule has 0 aliphatic carbocycles. The molecule has 0 spiro atoms. The van der Waals surface area contributed by atoms with E-state index >= 15 is 0 Å². The van der Waals surface area contributed by atoms with E-state index in [0.717, 1.165) is 10.4 Å². The summed E-state index contributed by atoms with van der Waals surface area (Å²) < 4.78 is 21.8. The predicted molar refractivity (Wildman–Crippen MR) is 133 cm³/mol. The van der Waals surface area contributed by atoms with Gasteiger partial charge in [-0.2, -0.15) is 0 Å². The lowest BCUT2D eigenvalue weighted by Gasteiger charge is -2.43. The van der Waals surface area contributed by atoms with Gasteiger partial charge in [-0.15, -0.1) is 0 Å². The molecule has 0 aromatic heterocycles. The van der Waals surface area contributed by atoms with Crippen molar-refractivity contribution in [2.24, 2.45) is 0 Å². The van der Waals surface area contributed by atoms with Gasteiger partial charge in [0.15, 0.2) is 0 Å². The largest absolute Gasteiger partial charge is 0.534 e. The molecule has 0 bridgehead atoms. The van der Waals surface area contributed by atoms with E-state index in [-0.39, 0.29) is 23.3 Å². The topological polar surface area (TPSA) is 41.6 Å². The first-order valence-electron chi connectivity index (χ1n) is 11.4. The number of halogens is 1. The third-order valence-electron chi connectivity index (χ3n) is 6.25. The Balaban J connectivity index is 1.78. The summed E-state index contributed by atoms with van der Waals surface area (Å²) in [5.41, 5.74) is 0.473. The highest BCUT2D eigenvalue weighted by molar-refractivity contribution is 7.00. The number of benzene rings is 3. The third kappa shape index (κ3) is 4.72. The lowest BCUT2D eigenvalue weighted by atomic mass is 10.1. The lowest BCUT2D eigenvalue weighted by Crippen LogP contribution is -2.68. The van der Waals surface area contributed by atoms with Crippen LogP contribution in [-0.4, -0.2) is 38.8 Å². The minimum Gasteiger partial charge on any atom is -0.534 e. The molecular formula is C27H31FN2O2Si. The van der Waals surface area contributed by atoms with Crippen molar-refractivity contribution in [3.63, 3.8) is 0 Å². The van der Waals surface area contributed by atoms with Gasteiger partial charge >= 0.3 is 8.32 Å². The summed E-state index contributed by atoms with van der Waals surface area (Å²) in [4.78, 5) is 13.9. The average molecular weight is 463 g/mol. The second-order valence-electron chi connectivity index (χ2n) is 9.51.